The number of fused-ring (bicyclic) bond motifs is 2. The van der Waals surface area contributed by atoms with Gasteiger partial charge in [-0.15, -0.1) is 0 Å². The van der Waals surface area contributed by atoms with Crippen LogP contribution in [-0.4, -0.2) is 56.1 Å². The Kier molecular flexibility index (Phi) is 4.65. The third kappa shape index (κ3) is 3.13. The molecule has 9 heteroatoms. The Morgan fingerprint density at radius 1 is 1.06 bits per heavy atom. The van der Waals surface area contributed by atoms with Crippen molar-refractivity contribution in [3.05, 3.63) is 47.0 Å². The van der Waals surface area contributed by atoms with Gasteiger partial charge in [0.2, 0.25) is 18.3 Å². The summed E-state index contributed by atoms with van der Waals surface area (Å²) in [6.07, 6.45) is 0.683. The molecule has 1 unspecified atom stereocenters. The predicted molar refractivity (Wildman–Crippen MR) is 108 cm³/mol. The molecule has 0 saturated heterocycles. The second-order valence-corrected chi connectivity index (χ2v) is 7.37. The van der Waals surface area contributed by atoms with Crippen LogP contribution in [0.4, 0.5) is 0 Å². The Morgan fingerprint density at radius 3 is 2.45 bits per heavy atom. The highest BCUT2D eigenvalue weighted by Gasteiger charge is 2.37. The molecule has 0 saturated carbocycles. The van der Waals surface area contributed by atoms with Gasteiger partial charge in [-0.1, -0.05) is 17.3 Å². The van der Waals surface area contributed by atoms with Gasteiger partial charge >= 0.3 is 0 Å². The Labute approximate surface area is 178 Å². The van der Waals surface area contributed by atoms with Crippen LogP contribution in [0, 0.1) is 0 Å². The van der Waals surface area contributed by atoms with E-state index < -0.39 is 0 Å². The lowest BCUT2D eigenvalue weighted by Crippen LogP contribution is -2.34. The van der Waals surface area contributed by atoms with Crippen molar-refractivity contribution in [1.82, 2.24) is 4.90 Å². The SMILES string of the molecule is COc1c(CC2CC(CN3C(=O)c4ccccc4C3=O)=NO2)cc2c(c1OC)OCO2. The number of rotatable bonds is 6. The molecule has 9 nitrogen and oxygen atoms in total. The fourth-order valence-electron chi connectivity index (χ4n) is 4.11. The van der Waals surface area contributed by atoms with Crippen molar-refractivity contribution in [2.24, 2.45) is 5.16 Å². The van der Waals surface area contributed by atoms with Crippen molar-refractivity contribution in [1.29, 1.82) is 0 Å². The average molecular weight is 424 g/mol. The van der Waals surface area contributed by atoms with Crippen LogP contribution in [0.2, 0.25) is 0 Å². The summed E-state index contributed by atoms with van der Waals surface area (Å²) >= 11 is 0. The summed E-state index contributed by atoms with van der Waals surface area (Å²) in [5, 5.41) is 4.12. The maximum atomic E-state index is 12.6. The summed E-state index contributed by atoms with van der Waals surface area (Å²) in [6, 6.07) is 8.64. The molecular formula is C22H20N2O7. The largest absolute Gasteiger partial charge is 0.492 e. The first-order valence-corrected chi connectivity index (χ1v) is 9.81. The molecule has 1 atom stereocenters. The van der Waals surface area contributed by atoms with Crippen LogP contribution >= 0.6 is 0 Å². The Morgan fingerprint density at radius 2 is 1.77 bits per heavy atom. The summed E-state index contributed by atoms with van der Waals surface area (Å²) < 4.78 is 22.0. The van der Waals surface area contributed by atoms with E-state index in [9.17, 15) is 9.59 Å². The van der Waals surface area contributed by atoms with Gasteiger partial charge in [-0.2, -0.15) is 0 Å². The van der Waals surface area contributed by atoms with Gasteiger partial charge in [-0.05, 0) is 18.2 Å². The monoisotopic (exact) mass is 424 g/mol. The third-order valence-electron chi connectivity index (χ3n) is 5.52. The summed E-state index contributed by atoms with van der Waals surface area (Å²) in [5.74, 6) is 1.49. The number of carbonyl (C=O) groups excluding carboxylic acids is 2. The zero-order valence-electron chi connectivity index (χ0n) is 17.0. The summed E-state index contributed by atoms with van der Waals surface area (Å²) in [4.78, 5) is 32.0. The van der Waals surface area contributed by atoms with Gasteiger partial charge in [-0.25, -0.2) is 0 Å². The van der Waals surface area contributed by atoms with E-state index in [0.29, 0.717) is 52.7 Å². The molecule has 0 spiro atoms. The van der Waals surface area contributed by atoms with Crippen LogP contribution in [0.1, 0.15) is 32.7 Å². The van der Waals surface area contributed by atoms with Gasteiger partial charge in [-0.3, -0.25) is 14.5 Å². The van der Waals surface area contributed by atoms with Crippen LogP contribution in [0.3, 0.4) is 0 Å². The number of methoxy groups -OCH3 is 2. The number of ether oxygens (including phenoxy) is 4. The highest BCUT2D eigenvalue weighted by atomic mass is 16.7. The summed E-state index contributed by atoms with van der Waals surface area (Å²) in [7, 11) is 3.10. The average Bonchev–Trinajstić information content (AvgIpc) is 3.49. The molecule has 0 bridgehead atoms. The molecule has 2 aromatic carbocycles. The molecule has 3 aliphatic rings. The van der Waals surface area contributed by atoms with E-state index in [1.165, 1.54) is 4.90 Å². The smallest absolute Gasteiger partial charge is 0.261 e. The standard InChI is InChI=1S/C22H20N2O7/c1-27-18-12(8-17-19(20(18)28-2)30-11-29-17)7-14-9-13(23-31-14)10-24-21(25)15-5-3-4-6-16(15)22(24)26/h3-6,8,14H,7,9-11H2,1-2H3. The van der Waals surface area contributed by atoms with Crippen LogP contribution < -0.4 is 18.9 Å². The maximum Gasteiger partial charge on any atom is 0.261 e. The van der Waals surface area contributed by atoms with Gasteiger partial charge in [0, 0.05) is 18.4 Å². The van der Waals surface area contributed by atoms with Crippen LogP contribution in [-0.2, 0) is 11.3 Å². The fourth-order valence-corrected chi connectivity index (χ4v) is 4.11. The van der Waals surface area contributed by atoms with E-state index >= 15 is 0 Å². The Hall–Kier alpha value is -3.75. The van der Waals surface area contributed by atoms with Crippen molar-refractivity contribution in [2.45, 2.75) is 18.9 Å². The molecule has 0 aliphatic carbocycles. The lowest BCUT2D eigenvalue weighted by molar-refractivity contribution is 0.0676. The molecule has 160 valence electrons. The summed E-state index contributed by atoms with van der Waals surface area (Å²) in [6.45, 7) is 0.218. The van der Waals surface area contributed by atoms with Crippen molar-refractivity contribution in [3.8, 4) is 23.0 Å². The number of imide groups is 1. The molecule has 3 aliphatic heterocycles. The molecule has 2 aromatic rings. The van der Waals surface area contributed by atoms with E-state index in [0.717, 1.165) is 5.56 Å². The van der Waals surface area contributed by atoms with E-state index in [4.69, 9.17) is 23.8 Å². The molecule has 2 amide bonds. The minimum atomic E-state index is -0.311. The summed E-state index contributed by atoms with van der Waals surface area (Å²) in [5.41, 5.74) is 2.29. The normalized spacial score (nSPS) is 18.7. The van der Waals surface area contributed by atoms with Crippen LogP contribution in [0.25, 0.3) is 0 Å². The molecule has 0 radical (unpaired) electrons. The minimum absolute atomic E-state index is 0.102. The highest BCUT2D eigenvalue weighted by molar-refractivity contribution is 6.22. The van der Waals surface area contributed by atoms with E-state index in [1.54, 1.807) is 38.5 Å². The fraction of sp³-hybridized carbons (Fsp3) is 0.318. The third-order valence-corrected chi connectivity index (χ3v) is 5.52. The predicted octanol–water partition coefficient (Wildman–Crippen LogP) is 2.42. The molecule has 5 rings (SSSR count). The number of oxime groups is 1. The number of hydrogen-bond donors (Lipinski definition) is 0. The topological polar surface area (TPSA) is 95.9 Å². The van der Waals surface area contributed by atoms with Crippen molar-refractivity contribution < 1.29 is 33.4 Å². The van der Waals surface area contributed by atoms with Gasteiger partial charge in [0.15, 0.2) is 11.5 Å². The minimum Gasteiger partial charge on any atom is -0.492 e. The number of benzene rings is 2. The van der Waals surface area contributed by atoms with Crippen molar-refractivity contribution in [3.63, 3.8) is 0 Å². The van der Waals surface area contributed by atoms with Gasteiger partial charge < -0.3 is 23.8 Å². The maximum absolute atomic E-state index is 12.6. The molecule has 0 fully saturated rings. The van der Waals surface area contributed by atoms with Gasteiger partial charge in [0.05, 0.1) is 37.6 Å². The highest BCUT2D eigenvalue weighted by Crippen LogP contribution is 2.49. The van der Waals surface area contributed by atoms with Crippen LogP contribution in [0.15, 0.2) is 35.5 Å². The van der Waals surface area contributed by atoms with E-state index in [-0.39, 0.29) is 31.3 Å². The van der Waals surface area contributed by atoms with E-state index in [1.807, 2.05) is 6.07 Å². The van der Waals surface area contributed by atoms with Crippen molar-refractivity contribution in [2.75, 3.05) is 27.6 Å². The number of carbonyl (C=O) groups is 2. The lowest BCUT2D eigenvalue weighted by Gasteiger charge is -2.17. The van der Waals surface area contributed by atoms with Gasteiger partial charge in [0.1, 0.15) is 6.10 Å². The number of amides is 2. The lowest BCUT2D eigenvalue weighted by atomic mass is 10.0. The quantitative estimate of drug-likeness (QED) is 0.657. The van der Waals surface area contributed by atoms with Gasteiger partial charge in [0.25, 0.3) is 11.8 Å². The zero-order valence-corrected chi connectivity index (χ0v) is 17.0. The number of nitrogens with zero attached hydrogens (tertiary/aromatic N) is 2. The first-order valence-electron chi connectivity index (χ1n) is 9.81. The zero-order chi connectivity index (χ0) is 21.5. The van der Waals surface area contributed by atoms with Crippen molar-refractivity contribution >= 4 is 17.5 Å². The number of hydrogen-bond acceptors (Lipinski definition) is 8. The second-order valence-electron chi connectivity index (χ2n) is 7.37. The molecule has 0 N–H and O–H groups in total. The first-order chi connectivity index (χ1) is 15.1. The first kappa shape index (κ1) is 19.2. The Balaban J connectivity index is 1.29. The Bertz CT molecular complexity index is 1080. The molecule has 0 aromatic heterocycles. The molecular weight excluding hydrogens is 404 g/mol. The van der Waals surface area contributed by atoms with Crippen LogP contribution in [0.5, 0.6) is 23.0 Å². The second kappa shape index (κ2) is 7.50. The van der Waals surface area contributed by atoms with E-state index in [2.05, 4.69) is 5.16 Å². The molecule has 31 heavy (non-hydrogen) atoms. The molecule has 3 heterocycles.